The lowest BCUT2D eigenvalue weighted by Crippen LogP contribution is -2.41. The summed E-state index contributed by atoms with van der Waals surface area (Å²) in [4.78, 5) is 23.5. The highest BCUT2D eigenvalue weighted by atomic mass is 16.5. The molecule has 7 nitrogen and oxygen atoms in total. The van der Waals surface area contributed by atoms with Crippen LogP contribution >= 0.6 is 0 Å². The molecule has 1 aromatic carbocycles. The highest BCUT2D eigenvalue weighted by Crippen LogP contribution is 2.33. The Morgan fingerprint density at radius 3 is 2.88 bits per heavy atom. The molecule has 1 aliphatic heterocycles. The van der Waals surface area contributed by atoms with Crippen LogP contribution in [0.15, 0.2) is 41.3 Å². The van der Waals surface area contributed by atoms with E-state index in [4.69, 9.17) is 9.15 Å². The number of hydrogen-bond acceptors (Lipinski definition) is 5. The zero-order valence-electron chi connectivity index (χ0n) is 15.0. The van der Waals surface area contributed by atoms with E-state index >= 15 is 0 Å². The predicted molar refractivity (Wildman–Crippen MR) is 93.8 cm³/mol. The van der Waals surface area contributed by atoms with E-state index in [1.807, 2.05) is 37.4 Å². The van der Waals surface area contributed by atoms with Crippen molar-refractivity contribution in [3.63, 3.8) is 0 Å². The quantitative estimate of drug-likeness (QED) is 0.725. The van der Waals surface area contributed by atoms with Crippen LogP contribution in [0.1, 0.15) is 39.4 Å². The zero-order chi connectivity index (χ0) is 18.3. The van der Waals surface area contributed by atoms with Crippen molar-refractivity contribution in [2.24, 2.45) is 0 Å². The summed E-state index contributed by atoms with van der Waals surface area (Å²) in [6.45, 7) is 4.83. The molecule has 0 spiro atoms. The molecule has 1 aliphatic rings. The van der Waals surface area contributed by atoms with Crippen LogP contribution < -0.4 is 4.74 Å². The molecule has 0 saturated heterocycles. The van der Waals surface area contributed by atoms with Crippen molar-refractivity contribution >= 4 is 5.91 Å². The van der Waals surface area contributed by atoms with Crippen molar-refractivity contribution < 1.29 is 13.9 Å². The van der Waals surface area contributed by atoms with E-state index in [-0.39, 0.29) is 11.9 Å². The van der Waals surface area contributed by atoms with Crippen LogP contribution in [0.4, 0.5) is 0 Å². The smallest absolute Gasteiger partial charge is 0.277 e. The standard InChI is InChI=1S/C19H20N4O3/c1-12-8-20-17-10-23(19(24)18-13(2)26-11-21-18)16(9-22(12)17)14-5-4-6-15(7-14)25-3/h4-8,11,16H,9-10H2,1-3H3/t16-/m0/s1. The summed E-state index contributed by atoms with van der Waals surface area (Å²) in [5, 5.41) is 0. The number of methoxy groups -OCH3 is 1. The van der Waals surface area contributed by atoms with Gasteiger partial charge < -0.3 is 18.6 Å². The maximum Gasteiger partial charge on any atom is 0.277 e. The highest BCUT2D eigenvalue weighted by molar-refractivity contribution is 5.93. The molecule has 134 valence electrons. The van der Waals surface area contributed by atoms with Gasteiger partial charge in [0.1, 0.15) is 17.3 Å². The lowest BCUT2D eigenvalue weighted by atomic mass is 10.0. The van der Waals surface area contributed by atoms with Gasteiger partial charge in [0.2, 0.25) is 0 Å². The molecule has 1 atom stereocenters. The summed E-state index contributed by atoms with van der Waals surface area (Å²) in [6, 6.07) is 7.68. The second-order valence-electron chi connectivity index (χ2n) is 6.41. The van der Waals surface area contributed by atoms with Crippen LogP contribution in [0, 0.1) is 13.8 Å². The van der Waals surface area contributed by atoms with Gasteiger partial charge in [0, 0.05) is 18.4 Å². The molecule has 3 heterocycles. The molecule has 7 heteroatoms. The number of carbonyl (C=O) groups is 1. The van der Waals surface area contributed by atoms with Crippen molar-refractivity contribution in [1.82, 2.24) is 19.4 Å². The highest BCUT2D eigenvalue weighted by Gasteiger charge is 2.34. The maximum atomic E-state index is 13.2. The fourth-order valence-electron chi connectivity index (χ4n) is 3.41. The molecule has 2 aromatic heterocycles. The molecule has 1 amide bonds. The van der Waals surface area contributed by atoms with E-state index in [1.165, 1.54) is 6.39 Å². The maximum absolute atomic E-state index is 13.2. The van der Waals surface area contributed by atoms with Gasteiger partial charge in [-0.25, -0.2) is 9.97 Å². The fourth-order valence-corrected chi connectivity index (χ4v) is 3.41. The van der Waals surface area contributed by atoms with Gasteiger partial charge in [0.05, 0.1) is 19.7 Å². The van der Waals surface area contributed by atoms with Crippen LogP contribution in [-0.2, 0) is 13.1 Å². The molecule has 0 N–H and O–H groups in total. The number of rotatable bonds is 3. The molecular formula is C19H20N4O3. The van der Waals surface area contributed by atoms with Crippen LogP contribution in [-0.4, -0.2) is 32.5 Å². The van der Waals surface area contributed by atoms with Crippen LogP contribution in [0.2, 0.25) is 0 Å². The molecule has 3 aromatic rings. The molecule has 0 bridgehead atoms. The molecule has 26 heavy (non-hydrogen) atoms. The summed E-state index contributed by atoms with van der Waals surface area (Å²) in [6.07, 6.45) is 3.14. The van der Waals surface area contributed by atoms with E-state index in [0.717, 1.165) is 22.8 Å². The largest absolute Gasteiger partial charge is 0.497 e. The minimum atomic E-state index is -0.157. The number of imidazole rings is 1. The first-order valence-corrected chi connectivity index (χ1v) is 8.44. The first kappa shape index (κ1) is 16.4. The Balaban J connectivity index is 1.78. The minimum Gasteiger partial charge on any atom is -0.497 e. The average Bonchev–Trinajstić information content (AvgIpc) is 3.26. The molecule has 4 rings (SSSR count). The van der Waals surface area contributed by atoms with Crippen molar-refractivity contribution in [2.45, 2.75) is 33.0 Å². The fraction of sp³-hybridized carbons (Fsp3) is 0.316. The third-order valence-corrected chi connectivity index (χ3v) is 4.87. The van der Waals surface area contributed by atoms with Crippen molar-refractivity contribution in [1.29, 1.82) is 0 Å². The van der Waals surface area contributed by atoms with Crippen molar-refractivity contribution in [2.75, 3.05) is 7.11 Å². The van der Waals surface area contributed by atoms with Gasteiger partial charge in [-0.1, -0.05) is 12.1 Å². The molecule has 0 radical (unpaired) electrons. The summed E-state index contributed by atoms with van der Waals surface area (Å²) in [5.41, 5.74) is 2.44. The van der Waals surface area contributed by atoms with Crippen LogP contribution in [0.25, 0.3) is 0 Å². The summed E-state index contributed by atoms with van der Waals surface area (Å²) in [5.74, 6) is 2.00. The molecule has 0 aliphatic carbocycles. The minimum absolute atomic E-state index is 0.144. The number of ether oxygens (including phenoxy) is 1. The SMILES string of the molecule is COc1cccc([C@@H]2Cn3c(C)cnc3CN2C(=O)c2ncoc2C)c1. The summed E-state index contributed by atoms with van der Waals surface area (Å²) >= 11 is 0. The molecular weight excluding hydrogens is 332 g/mol. The number of nitrogens with zero attached hydrogens (tertiary/aromatic N) is 4. The van der Waals surface area contributed by atoms with E-state index in [0.29, 0.717) is 24.5 Å². The van der Waals surface area contributed by atoms with Gasteiger partial charge in [-0.05, 0) is 31.5 Å². The van der Waals surface area contributed by atoms with Gasteiger partial charge >= 0.3 is 0 Å². The number of amides is 1. The molecule has 0 fully saturated rings. The van der Waals surface area contributed by atoms with Gasteiger partial charge in [0.15, 0.2) is 12.1 Å². The van der Waals surface area contributed by atoms with Crippen molar-refractivity contribution in [3.05, 3.63) is 65.4 Å². The first-order valence-electron chi connectivity index (χ1n) is 8.44. The monoisotopic (exact) mass is 352 g/mol. The Bertz CT molecular complexity index is 959. The topological polar surface area (TPSA) is 73.4 Å². The zero-order valence-corrected chi connectivity index (χ0v) is 15.0. The Hall–Kier alpha value is -3.09. The predicted octanol–water partition coefficient (Wildman–Crippen LogP) is 2.89. The van der Waals surface area contributed by atoms with Crippen LogP contribution in [0.3, 0.4) is 0 Å². The Kier molecular flexibility index (Phi) is 3.99. The average molecular weight is 352 g/mol. The van der Waals surface area contributed by atoms with Gasteiger partial charge in [0.25, 0.3) is 5.91 Å². The van der Waals surface area contributed by atoms with E-state index in [9.17, 15) is 4.79 Å². The van der Waals surface area contributed by atoms with Gasteiger partial charge in [-0.2, -0.15) is 0 Å². The number of hydrogen-bond donors (Lipinski definition) is 0. The lowest BCUT2D eigenvalue weighted by molar-refractivity contribution is 0.0575. The van der Waals surface area contributed by atoms with E-state index in [2.05, 4.69) is 14.5 Å². The second-order valence-corrected chi connectivity index (χ2v) is 6.41. The number of fused-ring (bicyclic) bond motifs is 1. The van der Waals surface area contributed by atoms with E-state index < -0.39 is 0 Å². The van der Waals surface area contributed by atoms with E-state index in [1.54, 1.807) is 18.9 Å². The Morgan fingerprint density at radius 1 is 1.31 bits per heavy atom. The number of benzene rings is 1. The number of aromatic nitrogens is 3. The molecule has 0 saturated carbocycles. The van der Waals surface area contributed by atoms with Crippen molar-refractivity contribution in [3.8, 4) is 5.75 Å². The number of oxazole rings is 1. The Labute approximate surface area is 151 Å². The van der Waals surface area contributed by atoms with Gasteiger partial charge in [-0.15, -0.1) is 0 Å². The first-order chi connectivity index (χ1) is 12.6. The number of aryl methyl sites for hydroxylation is 2. The van der Waals surface area contributed by atoms with Gasteiger partial charge in [-0.3, -0.25) is 4.79 Å². The second kappa shape index (κ2) is 6.33. The number of carbonyl (C=O) groups excluding carboxylic acids is 1. The summed E-state index contributed by atoms with van der Waals surface area (Å²) < 4.78 is 12.7. The van der Waals surface area contributed by atoms with Crippen LogP contribution in [0.5, 0.6) is 5.75 Å². The third-order valence-electron chi connectivity index (χ3n) is 4.87. The lowest BCUT2D eigenvalue weighted by Gasteiger charge is -2.36. The molecule has 0 unspecified atom stereocenters. The third kappa shape index (κ3) is 2.65. The summed E-state index contributed by atoms with van der Waals surface area (Å²) in [7, 11) is 1.64. The normalized spacial score (nSPS) is 16.4. The Morgan fingerprint density at radius 2 is 2.15 bits per heavy atom.